The molecule has 2 rings (SSSR count). The van der Waals surface area contributed by atoms with Gasteiger partial charge in [-0.2, -0.15) is 5.26 Å². The van der Waals surface area contributed by atoms with Crippen molar-refractivity contribution in [2.24, 2.45) is 0 Å². The van der Waals surface area contributed by atoms with Gasteiger partial charge in [-0.25, -0.2) is 14.4 Å². The van der Waals surface area contributed by atoms with E-state index in [0.717, 1.165) is 16.8 Å². The van der Waals surface area contributed by atoms with Gasteiger partial charge in [0.1, 0.15) is 5.82 Å². The zero-order valence-corrected chi connectivity index (χ0v) is 15.2. The van der Waals surface area contributed by atoms with Crippen molar-refractivity contribution >= 4 is 5.69 Å². The molecule has 2 aromatic rings. The van der Waals surface area contributed by atoms with Gasteiger partial charge < -0.3 is 4.90 Å². The van der Waals surface area contributed by atoms with Crippen LogP contribution >= 0.6 is 0 Å². The van der Waals surface area contributed by atoms with Crippen molar-refractivity contribution in [3.63, 3.8) is 0 Å². The first kappa shape index (κ1) is 18.9. The second-order valence-electron chi connectivity index (χ2n) is 5.89. The van der Waals surface area contributed by atoms with Crippen molar-refractivity contribution in [1.82, 2.24) is 9.97 Å². The number of rotatable bonds is 3. The molecule has 1 aromatic carbocycles. The number of benzene rings is 1. The first-order chi connectivity index (χ1) is 12.4. The summed E-state index contributed by atoms with van der Waals surface area (Å²) >= 11 is 0. The molecule has 0 amide bonds. The van der Waals surface area contributed by atoms with E-state index < -0.39 is 5.82 Å². The lowest BCUT2D eigenvalue weighted by Gasteiger charge is -2.20. The molecule has 0 bridgehead atoms. The Morgan fingerprint density at radius 2 is 1.85 bits per heavy atom. The van der Waals surface area contributed by atoms with Gasteiger partial charge >= 0.3 is 0 Å². The minimum atomic E-state index is -0.442. The van der Waals surface area contributed by atoms with E-state index in [1.807, 2.05) is 44.9 Å². The lowest BCUT2D eigenvalue weighted by Crippen LogP contribution is -2.15. The van der Waals surface area contributed by atoms with Crippen LogP contribution < -0.4 is 4.90 Å². The van der Waals surface area contributed by atoms with Crippen molar-refractivity contribution in [2.75, 3.05) is 11.9 Å². The third-order valence-corrected chi connectivity index (χ3v) is 3.69. The fraction of sp³-hybridized carbons (Fsp3) is 0.190. The first-order valence-electron chi connectivity index (χ1n) is 8.00. The quantitative estimate of drug-likeness (QED) is 0.617. The zero-order valence-electron chi connectivity index (χ0n) is 15.2. The Hall–Kier alpha value is -3.44. The molecule has 130 valence electrons. The van der Waals surface area contributed by atoms with Crippen LogP contribution in [0.1, 0.15) is 32.2 Å². The van der Waals surface area contributed by atoms with Crippen molar-refractivity contribution in [2.45, 2.75) is 20.8 Å². The Morgan fingerprint density at radius 1 is 1.15 bits per heavy atom. The third kappa shape index (κ3) is 5.03. The standard InChI is InChI=1S/C21H19FN4/c1-15(2)18(6-7-21-24-8-5-9-25-21)10-16(3)26(4)20-12-17(14-23)11-19(22)13-20/h5,8-13H,1-4H3/b16-10-. The molecular weight excluding hydrogens is 327 g/mol. The van der Waals surface area contributed by atoms with Crippen LogP contribution in [-0.2, 0) is 0 Å². The Bertz CT molecular complexity index is 953. The van der Waals surface area contributed by atoms with Gasteiger partial charge in [0.25, 0.3) is 0 Å². The Morgan fingerprint density at radius 3 is 2.46 bits per heavy atom. The molecule has 0 aliphatic rings. The Kier molecular flexibility index (Phi) is 6.25. The summed E-state index contributed by atoms with van der Waals surface area (Å²) in [4.78, 5) is 9.99. The van der Waals surface area contributed by atoms with Crippen molar-refractivity contribution in [1.29, 1.82) is 5.26 Å². The number of anilines is 1. The van der Waals surface area contributed by atoms with E-state index in [0.29, 0.717) is 11.5 Å². The smallest absolute Gasteiger partial charge is 0.205 e. The minimum Gasteiger partial charge on any atom is -0.348 e. The van der Waals surface area contributed by atoms with E-state index in [1.54, 1.807) is 24.5 Å². The highest BCUT2D eigenvalue weighted by Gasteiger charge is 2.07. The van der Waals surface area contributed by atoms with Crippen molar-refractivity contribution < 1.29 is 4.39 Å². The molecule has 0 radical (unpaired) electrons. The summed E-state index contributed by atoms with van der Waals surface area (Å²) in [7, 11) is 1.82. The number of nitrogens with zero attached hydrogens (tertiary/aromatic N) is 4. The molecule has 0 saturated heterocycles. The van der Waals surface area contributed by atoms with Gasteiger partial charge in [-0.1, -0.05) is 11.5 Å². The average Bonchev–Trinajstić information content (AvgIpc) is 2.64. The van der Waals surface area contributed by atoms with Gasteiger partial charge in [0.15, 0.2) is 0 Å². The lowest BCUT2D eigenvalue weighted by molar-refractivity contribution is 0.627. The third-order valence-electron chi connectivity index (χ3n) is 3.69. The van der Waals surface area contributed by atoms with Crippen LogP contribution in [0, 0.1) is 29.0 Å². The molecule has 26 heavy (non-hydrogen) atoms. The summed E-state index contributed by atoms with van der Waals surface area (Å²) in [6, 6.07) is 7.95. The predicted octanol–water partition coefficient (Wildman–Crippen LogP) is 4.22. The van der Waals surface area contributed by atoms with Crippen molar-refractivity contribution in [3.05, 3.63) is 76.8 Å². The molecule has 0 spiro atoms. The highest BCUT2D eigenvalue weighted by atomic mass is 19.1. The number of allylic oxidation sites excluding steroid dienone is 4. The summed E-state index contributed by atoms with van der Waals surface area (Å²) in [5, 5.41) is 9.02. The highest BCUT2D eigenvalue weighted by Crippen LogP contribution is 2.21. The highest BCUT2D eigenvalue weighted by molar-refractivity contribution is 5.57. The number of hydrogen-bond acceptors (Lipinski definition) is 4. The second-order valence-corrected chi connectivity index (χ2v) is 5.89. The van der Waals surface area contributed by atoms with Gasteiger partial charge in [-0.3, -0.25) is 0 Å². The van der Waals surface area contributed by atoms with Gasteiger partial charge in [0.2, 0.25) is 5.82 Å². The molecule has 0 fully saturated rings. The molecule has 1 heterocycles. The number of nitriles is 1. The van der Waals surface area contributed by atoms with Crippen LogP contribution in [0.3, 0.4) is 0 Å². The summed E-state index contributed by atoms with van der Waals surface area (Å²) in [6.07, 6.45) is 5.21. The average molecular weight is 346 g/mol. The van der Waals surface area contributed by atoms with Gasteiger partial charge in [-0.05, 0) is 57.0 Å². The second kappa shape index (κ2) is 8.60. The molecule has 0 atom stereocenters. The van der Waals surface area contributed by atoms with Crippen LogP contribution in [0.2, 0.25) is 0 Å². The summed E-state index contributed by atoms with van der Waals surface area (Å²) < 4.78 is 13.7. The van der Waals surface area contributed by atoms with Crippen LogP contribution in [-0.4, -0.2) is 17.0 Å². The summed E-state index contributed by atoms with van der Waals surface area (Å²) in [6.45, 7) is 5.84. The first-order valence-corrected chi connectivity index (χ1v) is 8.00. The van der Waals surface area contributed by atoms with E-state index in [-0.39, 0.29) is 5.56 Å². The largest absolute Gasteiger partial charge is 0.348 e. The molecular formula is C21H19FN4. The summed E-state index contributed by atoms with van der Waals surface area (Å²) in [5.74, 6) is 6.03. The number of halogens is 1. The molecule has 0 unspecified atom stereocenters. The summed E-state index contributed by atoms with van der Waals surface area (Å²) in [5.41, 5.74) is 3.61. The van der Waals surface area contributed by atoms with Crippen LogP contribution in [0.15, 0.2) is 59.6 Å². The molecule has 0 saturated carbocycles. The van der Waals surface area contributed by atoms with Crippen LogP contribution in [0.5, 0.6) is 0 Å². The number of aromatic nitrogens is 2. The van der Waals surface area contributed by atoms with Crippen LogP contribution in [0.4, 0.5) is 10.1 Å². The molecule has 1 aromatic heterocycles. The Balaban J connectivity index is 2.33. The fourth-order valence-electron chi connectivity index (χ4n) is 2.13. The minimum absolute atomic E-state index is 0.281. The maximum Gasteiger partial charge on any atom is 0.205 e. The maximum absolute atomic E-state index is 13.7. The van der Waals surface area contributed by atoms with Gasteiger partial charge in [0.05, 0.1) is 11.6 Å². The molecule has 0 N–H and O–H groups in total. The molecule has 5 heteroatoms. The normalized spacial score (nSPS) is 10.4. The van der Waals surface area contributed by atoms with E-state index >= 15 is 0 Å². The van der Waals surface area contributed by atoms with E-state index in [9.17, 15) is 4.39 Å². The number of hydrogen-bond donors (Lipinski definition) is 0. The van der Waals surface area contributed by atoms with E-state index in [2.05, 4.69) is 21.8 Å². The molecule has 4 nitrogen and oxygen atoms in total. The topological polar surface area (TPSA) is 52.8 Å². The van der Waals surface area contributed by atoms with Gasteiger partial charge in [-0.15, -0.1) is 0 Å². The van der Waals surface area contributed by atoms with Gasteiger partial charge in [0, 0.05) is 36.4 Å². The zero-order chi connectivity index (χ0) is 19.1. The Labute approximate surface area is 153 Å². The SMILES string of the molecule is CC(C)=C(C#Cc1ncccn1)/C=C(/C)N(C)c1cc(F)cc(C#N)c1. The molecule has 0 aliphatic carbocycles. The monoisotopic (exact) mass is 346 g/mol. The van der Waals surface area contributed by atoms with E-state index in [4.69, 9.17) is 5.26 Å². The molecule has 0 aliphatic heterocycles. The van der Waals surface area contributed by atoms with Crippen LogP contribution in [0.25, 0.3) is 0 Å². The van der Waals surface area contributed by atoms with E-state index in [1.165, 1.54) is 12.1 Å². The maximum atomic E-state index is 13.7. The fourth-order valence-corrected chi connectivity index (χ4v) is 2.13. The van der Waals surface area contributed by atoms with Crippen molar-refractivity contribution in [3.8, 4) is 17.9 Å². The predicted molar refractivity (Wildman–Crippen MR) is 101 cm³/mol. The lowest BCUT2D eigenvalue weighted by atomic mass is 10.1.